The Morgan fingerprint density at radius 2 is 2.20 bits per heavy atom. The van der Waals surface area contributed by atoms with E-state index in [0.717, 1.165) is 30.9 Å². The highest BCUT2D eigenvalue weighted by Gasteiger charge is 2.18. The van der Waals surface area contributed by atoms with Crippen LogP contribution in [0.3, 0.4) is 0 Å². The van der Waals surface area contributed by atoms with Gasteiger partial charge in [-0.25, -0.2) is 4.98 Å². The third-order valence-electron chi connectivity index (χ3n) is 3.88. The Morgan fingerprint density at radius 1 is 1.35 bits per heavy atom. The van der Waals surface area contributed by atoms with Crippen LogP contribution >= 0.6 is 0 Å². The van der Waals surface area contributed by atoms with E-state index in [1.165, 1.54) is 12.8 Å². The van der Waals surface area contributed by atoms with Crippen LogP contribution in [0, 0.1) is 0 Å². The second-order valence-corrected chi connectivity index (χ2v) is 5.43. The maximum Gasteiger partial charge on any atom is 0.226 e. The number of oxazole rings is 1. The lowest BCUT2D eigenvalue weighted by molar-refractivity contribution is 0.194. The Hall–Kier alpha value is -1.65. The monoisotopic (exact) mass is 271 g/mol. The van der Waals surface area contributed by atoms with Crippen LogP contribution in [0.2, 0.25) is 0 Å². The molecule has 1 aromatic heterocycles. The molecule has 2 heterocycles. The predicted molar refractivity (Wildman–Crippen MR) is 79.3 cm³/mol. The van der Waals surface area contributed by atoms with E-state index in [4.69, 9.17) is 4.42 Å². The fourth-order valence-corrected chi connectivity index (χ4v) is 2.69. The number of nitrogens with one attached hydrogen (secondary N) is 1. The first-order chi connectivity index (χ1) is 9.83. The highest BCUT2D eigenvalue weighted by atomic mass is 16.3. The minimum Gasteiger partial charge on any atom is -0.444 e. The molecule has 0 radical (unpaired) electrons. The molecule has 20 heavy (non-hydrogen) atoms. The van der Waals surface area contributed by atoms with Gasteiger partial charge < -0.3 is 9.73 Å². The molecule has 0 saturated carbocycles. The second kappa shape index (κ2) is 6.20. The van der Waals surface area contributed by atoms with Gasteiger partial charge in [0, 0.05) is 24.7 Å². The van der Waals surface area contributed by atoms with E-state index in [2.05, 4.69) is 22.2 Å². The van der Waals surface area contributed by atoms with Crippen LogP contribution in [0.1, 0.15) is 18.5 Å². The van der Waals surface area contributed by atoms with Crippen molar-refractivity contribution in [3.63, 3.8) is 0 Å². The Kier molecular flexibility index (Phi) is 4.14. The zero-order chi connectivity index (χ0) is 13.8. The molecule has 0 aliphatic carbocycles. The van der Waals surface area contributed by atoms with Crippen LogP contribution in [0.15, 0.2) is 41.0 Å². The lowest BCUT2D eigenvalue weighted by Gasteiger charge is -2.31. The summed E-state index contributed by atoms with van der Waals surface area (Å²) in [5.41, 5.74) is 2.03. The summed E-state index contributed by atoms with van der Waals surface area (Å²) in [6.07, 6.45) is 4.28. The molecule has 2 aromatic rings. The molecule has 0 spiro atoms. The van der Waals surface area contributed by atoms with Crippen LogP contribution in [0.25, 0.3) is 11.5 Å². The predicted octanol–water partition coefficient (Wildman–Crippen LogP) is 2.53. The van der Waals surface area contributed by atoms with Crippen molar-refractivity contribution in [3.8, 4) is 11.5 Å². The first-order valence-corrected chi connectivity index (χ1v) is 7.24. The molecule has 106 valence electrons. The summed E-state index contributed by atoms with van der Waals surface area (Å²) >= 11 is 0. The first-order valence-electron chi connectivity index (χ1n) is 7.24. The molecule has 1 unspecified atom stereocenters. The number of likely N-dealkylation sites (N-methyl/N-ethyl adjacent to an activating group) is 1. The number of rotatable bonds is 4. The van der Waals surface area contributed by atoms with Crippen molar-refractivity contribution in [2.45, 2.75) is 25.4 Å². The summed E-state index contributed by atoms with van der Waals surface area (Å²) in [5.74, 6) is 0.704. The fraction of sp³-hybridized carbons (Fsp3) is 0.438. The van der Waals surface area contributed by atoms with Crippen molar-refractivity contribution in [1.82, 2.24) is 15.2 Å². The summed E-state index contributed by atoms with van der Waals surface area (Å²) < 4.78 is 5.59. The van der Waals surface area contributed by atoms with Gasteiger partial charge in [0.05, 0.1) is 5.69 Å². The number of aromatic nitrogens is 1. The van der Waals surface area contributed by atoms with E-state index in [-0.39, 0.29) is 0 Å². The van der Waals surface area contributed by atoms with Crippen molar-refractivity contribution in [2.24, 2.45) is 0 Å². The lowest BCUT2D eigenvalue weighted by atomic mass is 10.1. The topological polar surface area (TPSA) is 41.3 Å². The maximum atomic E-state index is 5.59. The average Bonchev–Trinajstić information content (AvgIpc) is 2.97. The second-order valence-electron chi connectivity index (χ2n) is 5.43. The zero-order valence-corrected chi connectivity index (χ0v) is 11.9. The molecule has 4 heteroatoms. The molecule has 0 amide bonds. The van der Waals surface area contributed by atoms with Gasteiger partial charge in [0.2, 0.25) is 5.89 Å². The van der Waals surface area contributed by atoms with Crippen LogP contribution in [0.4, 0.5) is 0 Å². The zero-order valence-electron chi connectivity index (χ0n) is 11.9. The van der Waals surface area contributed by atoms with E-state index >= 15 is 0 Å². The fourth-order valence-electron chi connectivity index (χ4n) is 2.69. The molecule has 4 nitrogen and oxygen atoms in total. The van der Waals surface area contributed by atoms with Gasteiger partial charge in [-0.1, -0.05) is 18.2 Å². The molecule has 1 aromatic carbocycles. The molecule has 1 fully saturated rings. The van der Waals surface area contributed by atoms with Gasteiger partial charge in [0.15, 0.2) is 0 Å². The van der Waals surface area contributed by atoms with Crippen molar-refractivity contribution in [1.29, 1.82) is 0 Å². The Balaban J connectivity index is 1.65. The number of hydrogen-bond donors (Lipinski definition) is 1. The van der Waals surface area contributed by atoms with Crippen LogP contribution in [-0.4, -0.2) is 36.1 Å². The lowest BCUT2D eigenvalue weighted by Crippen LogP contribution is -2.43. The molecule has 1 aliphatic rings. The number of hydrogen-bond acceptors (Lipinski definition) is 4. The van der Waals surface area contributed by atoms with Gasteiger partial charge in [-0.3, -0.25) is 4.90 Å². The minimum atomic E-state index is 0.598. The molecule has 1 atom stereocenters. The van der Waals surface area contributed by atoms with Crippen molar-refractivity contribution in [3.05, 3.63) is 42.3 Å². The van der Waals surface area contributed by atoms with Gasteiger partial charge in [0.1, 0.15) is 6.26 Å². The van der Waals surface area contributed by atoms with Gasteiger partial charge >= 0.3 is 0 Å². The van der Waals surface area contributed by atoms with E-state index < -0.39 is 0 Å². The average molecular weight is 271 g/mol. The third-order valence-corrected chi connectivity index (χ3v) is 3.88. The summed E-state index contributed by atoms with van der Waals surface area (Å²) in [4.78, 5) is 6.95. The molecular weight excluding hydrogens is 250 g/mol. The third kappa shape index (κ3) is 3.08. The normalized spacial score (nSPS) is 19.4. The molecule has 0 bridgehead atoms. The van der Waals surface area contributed by atoms with E-state index in [9.17, 15) is 0 Å². The number of nitrogens with zero attached hydrogens (tertiary/aromatic N) is 2. The van der Waals surface area contributed by atoms with E-state index in [1.807, 2.05) is 30.3 Å². The molecule has 1 N–H and O–H groups in total. The van der Waals surface area contributed by atoms with Crippen molar-refractivity contribution < 1.29 is 4.42 Å². The van der Waals surface area contributed by atoms with Crippen LogP contribution < -0.4 is 5.32 Å². The van der Waals surface area contributed by atoms with Crippen molar-refractivity contribution >= 4 is 0 Å². The SMILES string of the molecule is CN(Cc1coc(-c2ccccc2)n1)C1CCCNC1. The number of piperidine rings is 1. The molecule has 3 rings (SSSR count). The molecule has 1 aliphatic heterocycles. The highest BCUT2D eigenvalue weighted by Crippen LogP contribution is 2.19. The first kappa shape index (κ1) is 13.3. The summed E-state index contributed by atoms with van der Waals surface area (Å²) in [6.45, 7) is 3.05. The number of benzene rings is 1. The Morgan fingerprint density at radius 3 is 2.95 bits per heavy atom. The van der Waals surface area contributed by atoms with Crippen molar-refractivity contribution in [2.75, 3.05) is 20.1 Å². The quantitative estimate of drug-likeness (QED) is 0.928. The highest BCUT2D eigenvalue weighted by molar-refractivity contribution is 5.52. The summed E-state index contributed by atoms with van der Waals surface area (Å²) in [5, 5.41) is 3.45. The summed E-state index contributed by atoms with van der Waals surface area (Å²) in [7, 11) is 2.16. The largest absolute Gasteiger partial charge is 0.444 e. The van der Waals surface area contributed by atoms with Gasteiger partial charge in [-0.2, -0.15) is 0 Å². The van der Waals surface area contributed by atoms with Crippen LogP contribution in [-0.2, 0) is 6.54 Å². The van der Waals surface area contributed by atoms with Crippen LogP contribution in [0.5, 0.6) is 0 Å². The standard InChI is InChI=1S/C16H21N3O/c1-19(15-8-5-9-17-10-15)11-14-12-20-16(18-14)13-6-3-2-4-7-13/h2-4,6-7,12,15,17H,5,8-11H2,1H3. The molecular formula is C16H21N3O. The Bertz CT molecular complexity index is 532. The van der Waals surface area contributed by atoms with Gasteiger partial charge in [-0.15, -0.1) is 0 Å². The van der Waals surface area contributed by atoms with E-state index in [1.54, 1.807) is 6.26 Å². The minimum absolute atomic E-state index is 0.598. The van der Waals surface area contributed by atoms with Gasteiger partial charge in [-0.05, 0) is 38.6 Å². The smallest absolute Gasteiger partial charge is 0.226 e. The maximum absolute atomic E-state index is 5.59. The van der Waals surface area contributed by atoms with Gasteiger partial charge in [0.25, 0.3) is 0 Å². The Labute approximate surface area is 119 Å². The van der Waals surface area contributed by atoms with E-state index in [0.29, 0.717) is 11.9 Å². The summed E-state index contributed by atoms with van der Waals surface area (Å²) in [6, 6.07) is 10.6. The molecule has 1 saturated heterocycles.